The summed E-state index contributed by atoms with van der Waals surface area (Å²) in [4.78, 5) is 0. The minimum absolute atomic E-state index is 0.648. The molecule has 3 nitrogen and oxygen atoms in total. The monoisotopic (exact) mass is 234 g/mol. The average molecular weight is 234 g/mol. The van der Waals surface area contributed by atoms with Gasteiger partial charge in [0.15, 0.2) is 0 Å². The van der Waals surface area contributed by atoms with E-state index in [4.69, 9.17) is 4.74 Å². The number of hydrogen-bond acceptors (Lipinski definition) is 3. The molecule has 1 fully saturated rings. The highest BCUT2D eigenvalue weighted by atomic mass is 16.5. The number of nitrogens with one attached hydrogen (secondary N) is 2. The molecular formula is C14H22N2O. The maximum Gasteiger partial charge on any atom is 0.119 e. The van der Waals surface area contributed by atoms with E-state index in [1.54, 1.807) is 7.11 Å². The molecule has 0 saturated carbocycles. The molecule has 3 heteroatoms. The Morgan fingerprint density at radius 2 is 2.35 bits per heavy atom. The van der Waals surface area contributed by atoms with Gasteiger partial charge in [-0.15, -0.1) is 0 Å². The fraction of sp³-hybridized carbons (Fsp3) is 0.571. The standard InChI is InChI=1S/C14H22N2O/c1-17-14-7-4-5-12(9-14)10-15-11-13-6-2-3-8-16-13/h4-5,7,9,13,15-16H,2-3,6,8,10-11H2,1H3. The van der Waals surface area contributed by atoms with E-state index in [1.165, 1.54) is 31.4 Å². The van der Waals surface area contributed by atoms with E-state index >= 15 is 0 Å². The SMILES string of the molecule is COc1cccc(CNCC2CCCCN2)c1. The Labute approximate surface area is 104 Å². The molecule has 0 spiro atoms. The Bertz CT molecular complexity index is 335. The van der Waals surface area contributed by atoms with Crippen LogP contribution in [0.1, 0.15) is 24.8 Å². The first-order valence-corrected chi connectivity index (χ1v) is 6.45. The van der Waals surface area contributed by atoms with Gasteiger partial charge in [-0.25, -0.2) is 0 Å². The van der Waals surface area contributed by atoms with Crippen molar-refractivity contribution in [1.29, 1.82) is 0 Å². The number of benzene rings is 1. The molecule has 1 aromatic rings. The molecule has 1 aliphatic rings. The fourth-order valence-electron chi connectivity index (χ4n) is 2.27. The van der Waals surface area contributed by atoms with Crippen molar-refractivity contribution in [3.05, 3.63) is 29.8 Å². The summed E-state index contributed by atoms with van der Waals surface area (Å²) in [5.41, 5.74) is 1.28. The van der Waals surface area contributed by atoms with Crippen LogP contribution in [0.3, 0.4) is 0 Å². The molecule has 17 heavy (non-hydrogen) atoms. The predicted octanol–water partition coefficient (Wildman–Crippen LogP) is 1.93. The highest BCUT2D eigenvalue weighted by Crippen LogP contribution is 2.12. The summed E-state index contributed by atoms with van der Waals surface area (Å²) in [6.45, 7) is 3.14. The number of methoxy groups -OCH3 is 1. The van der Waals surface area contributed by atoms with Gasteiger partial charge in [-0.2, -0.15) is 0 Å². The van der Waals surface area contributed by atoms with Crippen LogP contribution in [0, 0.1) is 0 Å². The van der Waals surface area contributed by atoms with Gasteiger partial charge in [0.25, 0.3) is 0 Å². The minimum Gasteiger partial charge on any atom is -0.497 e. The Morgan fingerprint density at radius 1 is 1.41 bits per heavy atom. The van der Waals surface area contributed by atoms with Gasteiger partial charge in [-0.3, -0.25) is 0 Å². The van der Waals surface area contributed by atoms with E-state index in [0.29, 0.717) is 6.04 Å². The van der Waals surface area contributed by atoms with E-state index in [-0.39, 0.29) is 0 Å². The molecule has 1 aliphatic heterocycles. The summed E-state index contributed by atoms with van der Waals surface area (Å²) >= 11 is 0. The summed E-state index contributed by atoms with van der Waals surface area (Å²) in [5.74, 6) is 0.931. The van der Waals surface area contributed by atoms with Gasteiger partial charge < -0.3 is 15.4 Å². The van der Waals surface area contributed by atoms with Gasteiger partial charge in [0.05, 0.1) is 7.11 Å². The largest absolute Gasteiger partial charge is 0.497 e. The van der Waals surface area contributed by atoms with Crippen LogP contribution in [0.5, 0.6) is 5.75 Å². The van der Waals surface area contributed by atoms with Gasteiger partial charge in [0, 0.05) is 19.1 Å². The van der Waals surface area contributed by atoms with Crippen LogP contribution in [0.25, 0.3) is 0 Å². The molecule has 0 aliphatic carbocycles. The van der Waals surface area contributed by atoms with E-state index in [9.17, 15) is 0 Å². The topological polar surface area (TPSA) is 33.3 Å². The highest BCUT2D eigenvalue weighted by Gasteiger charge is 2.11. The third kappa shape index (κ3) is 4.02. The molecular weight excluding hydrogens is 212 g/mol. The second kappa shape index (κ2) is 6.62. The molecule has 0 amide bonds. The van der Waals surface area contributed by atoms with Crippen LogP contribution in [-0.2, 0) is 6.54 Å². The molecule has 1 aromatic carbocycles. The minimum atomic E-state index is 0.648. The van der Waals surface area contributed by atoms with Crippen LogP contribution in [0.15, 0.2) is 24.3 Å². The summed E-state index contributed by atoms with van der Waals surface area (Å²) in [6.07, 6.45) is 3.98. The molecule has 0 bridgehead atoms. The molecule has 0 radical (unpaired) electrons. The van der Waals surface area contributed by atoms with E-state index < -0.39 is 0 Å². The van der Waals surface area contributed by atoms with Crippen molar-refractivity contribution in [2.24, 2.45) is 0 Å². The van der Waals surface area contributed by atoms with Gasteiger partial charge in [-0.05, 0) is 37.1 Å². The van der Waals surface area contributed by atoms with Crippen molar-refractivity contribution < 1.29 is 4.74 Å². The number of ether oxygens (including phenoxy) is 1. The first-order chi connectivity index (χ1) is 8.38. The van der Waals surface area contributed by atoms with E-state index in [1.807, 2.05) is 12.1 Å². The summed E-state index contributed by atoms with van der Waals surface area (Å²) in [6, 6.07) is 8.88. The highest BCUT2D eigenvalue weighted by molar-refractivity contribution is 5.28. The molecule has 1 unspecified atom stereocenters. The van der Waals surface area contributed by atoms with E-state index in [0.717, 1.165) is 18.8 Å². The quantitative estimate of drug-likeness (QED) is 0.816. The van der Waals surface area contributed by atoms with Gasteiger partial charge >= 0.3 is 0 Å². The normalized spacial score (nSPS) is 20.2. The second-order valence-electron chi connectivity index (χ2n) is 4.63. The molecule has 2 rings (SSSR count). The smallest absolute Gasteiger partial charge is 0.119 e. The number of rotatable bonds is 5. The summed E-state index contributed by atoms with van der Waals surface area (Å²) in [5, 5.41) is 7.05. The average Bonchev–Trinajstić information content (AvgIpc) is 2.40. The van der Waals surface area contributed by atoms with Crippen molar-refractivity contribution in [2.45, 2.75) is 31.8 Å². The maximum absolute atomic E-state index is 5.21. The Balaban J connectivity index is 1.73. The van der Waals surface area contributed by atoms with Crippen molar-refractivity contribution in [2.75, 3.05) is 20.2 Å². The molecule has 0 aromatic heterocycles. The lowest BCUT2D eigenvalue weighted by molar-refractivity contribution is 0.383. The first-order valence-electron chi connectivity index (χ1n) is 6.45. The van der Waals surface area contributed by atoms with E-state index in [2.05, 4.69) is 22.8 Å². The summed E-state index contributed by atoms with van der Waals surface area (Å²) < 4.78 is 5.21. The first kappa shape index (κ1) is 12.4. The lowest BCUT2D eigenvalue weighted by atomic mass is 10.1. The van der Waals surface area contributed by atoms with Gasteiger partial charge in [0.1, 0.15) is 5.75 Å². The lowest BCUT2D eigenvalue weighted by Gasteiger charge is -2.23. The van der Waals surface area contributed by atoms with Crippen LogP contribution >= 0.6 is 0 Å². The predicted molar refractivity (Wildman–Crippen MR) is 70.3 cm³/mol. The summed E-state index contributed by atoms with van der Waals surface area (Å²) in [7, 11) is 1.71. The second-order valence-corrected chi connectivity index (χ2v) is 4.63. The number of piperidine rings is 1. The molecule has 1 saturated heterocycles. The Morgan fingerprint density at radius 3 is 3.12 bits per heavy atom. The van der Waals surface area contributed by atoms with Crippen LogP contribution in [-0.4, -0.2) is 26.2 Å². The van der Waals surface area contributed by atoms with Gasteiger partial charge in [0.2, 0.25) is 0 Å². The Kier molecular flexibility index (Phi) is 4.83. The zero-order valence-corrected chi connectivity index (χ0v) is 10.5. The van der Waals surface area contributed by atoms with Crippen molar-refractivity contribution in [3.8, 4) is 5.75 Å². The lowest BCUT2D eigenvalue weighted by Crippen LogP contribution is -2.41. The van der Waals surface area contributed by atoms with Crippen molar-refractivity contribution >= 4 is 0 Å². The molecule has 2 N–H and O–H groups in total. The molecule has 94 valence electrons. The van der Waals surface area contributed by atoms with Crippen LogP contribution in [0.2, 0.25) is 0 Å². The molecule has 1 atom stereocenters. The maximum atomic E-state index is 5.21. The fourth-order valence-corrected chi connectivity index (χ4v) is 2.27. The third-order valence-electron chi connectivity index (χ3n) is 3.27. The van der Waals surface area contributed by atoms with Crippen LogP contribution in [0.4, 0.5) is 0 Å². The van der Waals surface area contributed by atoms with Crippen molar-refractivity contribution in [1.82, 2.24) is 10.6 Å². The number of hydrogen-bond donors (Lipinski definition) is 2. The van der Waals surface area contributed by atoms with Crippen LogP contribution < -0.4 is 15.4 Å². The third-order valence-corrected chi connectivity index (χ3v) is 3.27. The zero-order chi connectivity index (χ0) is 11.9. The molecule has 1 heterocycles. The van der Waals surface area contributed by atoms with Crippen molar-refractivity contribution in [3.63, 3.8) is 0 Å². The van der Waals surface area contributed by atoms with Gasteiger partial charge in [-0.1, -0.05) is 18.6 Å². The zero-order valence-electron chi connectivity index (χ0n) is 10.5. The Hall–Kier alpha value is -1.06.